The summed E-state index contributed by atoms with van der Waals surface area (Å²) >= 11 is 0. The number of carbonyl (C=O) groups excluding carboxylic acids is 1. The number of hydrogen-bond donors (Lipinski definition) is 1. The summed E-state index contributed by atoms with van der Waals surface area (Å²) in [7, 11) is 0. The van der Waals surface area contributed by atoms with Crippen LogP contribution in [0.4, 0.5) is 0 Å². The summed E-state index contributed by atoms with van der Waals surface area (Å²) in [5.41, 5.74) is 0.927. The predicted octanol–water partition coefficient (Wildman–Crippen LogP) is 0.359. The van der Waals surface area contributed by atoms with Gasteiger partial charge < -0.3 is 4.90 Å². The van der Waals surface area contributed by atoms with Crippen LogP contribution in [0.1, 0.15) is 12.6 Å². The van der Waals surface area contributed by atoms with Crippen molar-refractivity contribution in [2.75, 3.05) is 6.54 Å². The van der Waals surface area contributed by atoms with E-state index < -0.39 is 0 Å². The molecular formula is C10H13N3O. The van der Waals surface area contributed by atoms with E-state index in [1.807, 2.05) is 25.1 Å². The van der Waals surface area contributed by atoms with Crippen molar-refractivity contribution in [2.45, 2.75) is 19.6 Å². The molecule has 1 aromatic heterocycles. The summed E-state index contributed by atoms with van der Waals surface area (Å²) in [6.45, 7) is 3.01. The van der Waals surface area contributed by atoms with Crippen molar-refractivity contribution in [2.24, 2.45) is 0 Å². The summed E-state index contributed by atoms with van der Waals surface area (Å²) in [5.74, 6) is 0.142. The van der Waals surface area contributed by atoms with Gasteiger partial charge >= 0.3 is 0 Å². The van der Waals surface area contributed by atoms with E-state index in [9.17, 15) is 4.79 Å². The van der Waals surface area contributed by atoms with Gasteiger partial charge in [-0.05, 0) is 19.1 Å². The standard InChI is InChI=1S/C10H13N3O/c1-8-12-6-10(14)13(8)7-9-4-2-3-5-11-9/h2-5,8,12H,6-7H2,1H3. The van der Waals surface area contributed by atoms with Crippen LogP contribution < -0.4 is 5.32 Å². The van der Waals surface area contributed by atoms with Crippen LogP contribution in [0, 0.1) is 0 Å². The molecule has 0 aliphatic carbocycles. The zero-order valence-corrected chi connectivity index (χ0v) is 8.10. The number of nitrogens with one attached hydrogen (secondary N) is 1. The maximum Gasteiger partial charge on any atom is 0.238 e. The van der Waals surface area contributed by atoms with Crippen LogP contribution in [0.5, 0.6) is 0 Å². The van der Waals surface area contributed by atoms with Gasteiger partial charge in [0.25, 0.3) is 0 Å². The summed E-state index contributed by atoms with van der Waals surface area (Å²) in [4.78, 5) is 17.4. The lowest BCUT2D eigenvalue weighted by molar-refractivity contribution is -0.128. The number of pyridine rings is 1. The molecule has 0 aromatic carbocycles. The Balaban J connectivity index is 2.07. The van der Waals surface area contributed by atoms with Gasteiger partial charge in [0.05, 0.1) is 24.9 Å². The highest BCUT2D eigenvalue weighted by atomic mass is 16.2. The molecule has 4 nitrogen and oxygen atoms in total. The van der Waals surface area contributed by atoms with Crippen molar-refractivity contribution in [1.29, 1.82) is 0 Å². The molecule has 1 atom stereocenters. The second-order valence-electron chi connectivity index (χ2n) is 3.40. The van der Waals surface area contributed by atoms with E-state index in [-0.39, 0.29) is 12.1 Å². The van der Waals surface area contributed by atoms with Gasteiger partial charge in [0.15, 0.2) is 0 Å². The molecule has 1 amide bonds. The fourth-order valence-electron chi connectivity index (χ4n) is 1.55. The summed E-state index contributed by atoms with van der Waals surface area (Å²) in [6.07, 6.45) is 1.86. The van der Waals surface area contributed by atoms with E-state index in [2.05, 4.69) is 10.3 Å². The van der Waals surface area contributed by atoms with Gasteiger partial charge in [-0.15, -0.1) is 0 Å². The molecule has 4 heteroatoms. The van der Waals surface area contributed by atoms with E-state index in [4.69, 9.17) is 0 Å². The van der Waals surface area contributed by atoms with Crippen LogP contribution in [0.15, 0.2) is 24.4 Å². The molecular weight excluding hydrogens is 178 g/mol. The van der Waals surface area contributed by atoms with Crippen molar-refractivity contribution in [1.82, 2.24) is 15.2 Å². The Hall–Kier alpha value is -1.42. The van der Waals surface area contributed by atoms with Crippen LogP contribution in [0.3, 0.4) is 0 Å². The molecule has 1 fully saturated rings. The third-order valence-electron chi connectivity index (χ3n) is 2.40. The van der Waals surface area contributed by atoms with Gasteiger partial charge in [0.2, 0.25) is 5.91 Å². The van der Waals surface area contributed by atoms with Crippen molar-refractivity contribution < 1.29 is 4.79 Å². The van der Waals surface area contributed by atoms with Gasteiger partial charge in [-0.2, -0.15) is 0 Å². The fraction of sp³-hybridized carbons (Fsp3) is 0.400. The molecule has 2 rings (SSSR count). The van der Waals surface area contributed by atoms with Gasteiger partial charge in [-0.25, -0.2) is 0 Å². The van der Waals surface area contributed by atoms with Crippen LogP contribution in [0.2, 0.25) is 0 Å². The van der Waals surface area contributed by atoms with Gasteiger partial charge in [-0.3, -0.25) is 15.1 Å². The second-order valence-corrected chi connectivity index (χ2v) is 3.40. The van der Waals surface area contributed by atoms with E-state index in [1.54, 1.807) is 11.1 Å². The Morgan fingerprint density at radius 1 is 1.64 bits per heavy atom. The number of amides is 1. The van der Waals surface area contributed by atoms with Crippen molar-refractivity contribution in [3.05, 3.63) is 30.1 Å². The molecule has 0 bridgehead atoms. The Morgan fingerprint density at radius 3 is 3.07 bits per heavy atom. The lowest BCUT2D eigenvalue weighted by Gasteiger charge is -2.20. The van der Waals surface area contributed by atoms with Crippen molar-refractivity contribution in [3.63, 3.8) is 0 Å². The summed E-state index contributed by atoms with van der Waals surface area (Å²) in [5, 5.41) is 3.09. The molecule has 1 aliphatic rings. The highest BCUT2D eigenvalue weighted by Gasteiger charge is 2.26. The first-order valence-corrected chi connectivity index (χ1v) is 4.70. The largest absolute Gasteiger partial charge is 0.320 e. The maximum atomic E-state index is 11.4. The second kappa shape index (κ2) is 3.75. The smallest absolute Gasteiger partial charge is 0.238 e. The zero-order valence-electron chi connectivity index (χ0n) is 8.10. The molecule has 0 spiro atoms. The minimum Gasteiger partial charge on any atom is -0.320 e. The maximum absolute atomic E-state index is 11.4. The molecule has 2 heterocycles. The predicted molar refractivity (Wildman–Crippen MR) is 52.3 cm³/mol. The van der Waals surface area contributed by atoms with Crippen LogP contribution in [0.25, 0.3) is 0 Å². The number of carbonyl (C=O) groups is 1. The number of aromatic nitrogens is 1. The molecule has 0 saturated carbocycles. The van der Waals surface area contributed by atoms with E-state index in [0.29, 0.717) is 13.1 Å². The quantitative estimate of drug-likeness (QED) is 0.734. The molecule has 1 aromatic rings. The third kappa shape index (κ3) is 1.75. The first-order chi connectivity index (χ1) is 6.77. The van der Waals surface area contributed by atoms with Crippen LogP contribution in [-0.2, 0) is 11.3 Å². The number of rotatable bonds is 2. The van der Waals surface area contributed by atoms with E-state index in [1.165, 1.54) is 0 Å². The minimum absolute atomic E-state index is 0.115. The Labute approximate surface area is 82.9 Å². The van der Waals surface area contributed by atoms with Gasteiger partial charge in [0, 0.05) is 6.20 Å². The van der Waals surface area contributed by atoms with Gasteiger partial charge in [0.1, 0.15) is 0 Å². The number of nitrogens with zero attached hydrogens (tertiary/aromatic N) is 2. The first kappa shape index (κ1) is 9.15. The van der Waals surface area contributed by atoms with Crippen LogP contribution >= 0.6 is 0 Å². The lowest BCUT2D eigenvalue weighted by Crippen LogP contribution is -2.34. The van der Waals surface area contributed by atoms with E-state index in [0.717, 1.165) is 5.69 Å². The minimum atomic E-state index is 0.115. The third-order valence-corrected chi connectivity index (χ3v) is 2.40. The highest BCUT2D eigenvalue weighted by molar-refractivity contribution is 5.80. The number of hydrogen-bond acceptors (Lipinski definition) is 3. The van der Waals surface area contributed by atoms with Crippen LogP contribution in [-0.4, -0.2) is 28.5 Å². The molecule has 0 radical (unpaired) electrons. The molecule has 1 N–H and O–H groups in total. The Bertz CT molecular complexity index is 325. The topological polar surface area (TPSA) is 45.2 Å². The first-order valence-electron chi connectivity index (χ1n) is 4.70. The Morgan fingerprint density at radius 2 is 2.50 bits per heavy atom. The average molecular weight is 191 g/mol. The lowest BCUT2D eigenvalue weighted by atomic mass is 10.3. The fourth-order valence-corrected chi connectivity index (χ4v) is 1.55. The molecule has 1 saturated heterocycles. The highest BCUT2D eigenvalue weighted by Crippen LogP contribution is 2.08. The zero-order chi connectivity index (χ0) is 9.97. The molecule has 14 heavy (non-hydrogen) atoms. The normalized spacial score (nSPS) is 21.6. The van der Waals surface area contributed by atoms with Gasteiger partial charge in [-0.1, -0.05) is 6.07 Å². The summed E-state index contributed by atoms with van der Waals surface area (Å²) in [6, 6.07) is 5.73. The SMILES string of the molecule is CC1NCC(=O)N1Cc1ccccn1. The van der Waals surface area contributed by atoms with Crippen molar-refractivity contribution >= 4 is 5.91 Å². The monoisotopic (exact) mass is 191 g/mol. The Kier molecular flexibility index (Phi) is 2.45. The summed E-state index contributed by atoms with van der Waals surface area (Å²) < 4.78 is 0. The molecule has 1 aliphatic heterocycles. The molecule has 1 unspecified atom stereocenters. The van der Waals surface area contributed by atoms with E-state index >= 15 is 0 Å². The molecule has 74 valence electrons. The average Bonchev–Trinajstić information content (AvgIpc) is 2.51. The van der Waals surface area contributed by atoms with Crippen molar-refractivity contribution in [3.8, 4) is 0 Å².